The second-order valence-electron chi connectivity index (χ2n) is 5.71. The van der Waals surface area contributed by atoms with Crippen LogP contribution in [0.15, 0.2) is 5.03 Å². The lowest BCUT2D eigenvalue weighted by Gasteiger charge is -2.31. The standard InChI is InChI=1S/C13H24N4O3S/c1-9(2)14-7-12-11(4)15-16-13(12)21(18,19)17-5-6-20-8-10(17)3/h9-10,14H,5-8H2,1-4H3,(H,15,16). The third-order valence-electron chi connectivity index (χ3n) is 3.58. The van der Waals surface area contributed by atoms with E-state index in [9.17, 15) is 8.42 Å². The predicted molar refractivity (Wildman–Crippen MR) is 79.5 cm³/mol. The molecule has 0 aliphatic carbocycles. The normalized spacial score (nSPS) is 21.1. The Balaban J connectivity index is 2.31. The van der Waals surface area contributed by atoms with Gasteiger partial charge in [-0.25, -0.2) is 8.42 Å². The lowest BCUT2D eigenvalue weighted by Crippen LogP contribution is -2.47. The van der Waals surface area contributed by atoms with Crippen molar-refractivity contribution in [2.75, 3.05) is 19.8 Å². The first-order valence-corrected chi connectivity index (χ1v) is 8.65. The number of hydrogen-bond donors (Lipinski definition) is 2. The summed E-state index contributed by atoms with van der Waals surface area (Å²) in [4.78, 5) is 0. The molecule has 1 aromatic rings. The molecule has 1 saturated heterocycles. The van der Waals surface area contributed by atoms with E-state index >= 15 is 0 Å². The van der Waals surface area contributed by atoms with Crippen molar-refractivity contribution in [2.24, 2.45) is 0 Å². The lowest BCUT2D eigenvalue weighted by atomic mass is 10.2. The van der Waals surface area contributed by atoms with Gasteiger partial charge in [-0.1, -0.05) is 13.8 Å². The minimum atomic E-state index is -3.60. The van der Waals surface area contributed by atoms with Crippen molar-refractivity contribution in [3.05, 3.63) is 11.3 Å². The van der Waals surface area contributed by atoms with E-state index in [1.54, 1.807) is 0 Å². The molecule has 120 valence electrons. The highest BCUT2D eigenvalue weighted by Crippen LogP contribution is 2.23. The molecule has 0 aromatic carbocycles. The van der Waals surface area contributed by atoms with E-state index in [4.69, 9.17) is 4.74 Å². The van der Waals surface area contributed by atoms with Crippen molar-refractivity contribution in [2.45, 2.75) is 51.3 Å². The van der Waals surface area contributed by atoms with Gasteiger partial charge in [-0.2, -0.15) is 9.40 Å². The summed E-state index contributed by atoms with van der Waals surface area (Å²) in [6.45, 7) is 9.42. The first-order chi connectivity index (χ1) is 9.84. The molecule has 21 heavy (non-hydrogen) atoms. The Labute approximate surface area is 126 Å². The van der Waals surface area contributed by atoms with Crippen LogP contribution in [0.2, 0.25) is 0 Å². The van der Waals surface area contributed by atoms with Gasteiger partial charge in [-0.15, -0.1) is 0 Å². The van der Waals surface area contributed by atoms with Crippen LogP contribution < -0.4 is 5.32 Å². The highest BCUT2D eigenvalue weighted by molar-refractivity contribution is 7.89. The second-order valence-corrected chi connectivity index (χ2v) is 7.51. The quantitative estimate of drug-likeness (QED) is 0.832. The van der Waals surface area contributed by atoms with Crippen molar-refractivity contribution in [3.63, 3.8) is 0 Å². The highest BCUT2D eigenvalue weighted by Gasteiger charge is 2.35. The van der Waals surface area contributed by atoms with Gasteiger partial charge in [0.1, 0.15) is 0 Å². The number of nitrogens with zero attached hydrogens (tertiary/aromatic N) is 2. The molecule has 1 fully saturated rings. The summed E-state index contributed by atoms with van der Waals surface area (Å²) in [5, 5.41) is 10.2. The second kappa shape index (κ2) is 6.43. The first-order valence-electron chi connectivity index (χ1n) is 7.21. The van der Waals surface area contributed by atoms with Crippen molar-refractivity contribution >= 4 is 10.0 Å². The molecular weight excluding hydrogens is 292 g/mol. The van der Waals surface area contributed by atoms with Crippen molar-refractivity contribution in [3.8, 4) is 0 Å². The summed E-state index contributed by atoms with van der Waals surface area (Å²) in [5.74, 6) is 0. The number of morpholine rings is 1. The Morgan fingerprint density at radius 1 is 1.52 bits per heavy atom. The maximum Gasteiger partial charge on any atom is 0.263 e. The van der Waals surface area contributed by atoms with Crippen LogP contribution in [0.5, 0.6) is 0 Å². The van der Waals surface area contributed by atoms with Crippen LogP contribution in [0.25, 0.3) is 0 Å². The van der Waals surface area contributed by atoms with E-state index in [1.807, 2.05) is 27.7 Å². The molecule has 8 heteroatoms. The van der Waals surface area contributed by atoms with E-state index in [0.29, 0.717) is 31.9 Å². The topological polar surface area (TPSA) is 87.3 Å². The van der Waals surface area contributed by atoms with Crippen LogP contribution in [0.4, 0.5) is 0 Å². The number of H-pyrrole nitrogens is 1. The molecule has 0 spiro atoms. The first kappa shape index (κ1) is 16.4. The highest BCUT2D eigenvalue weighted by atomic mass is 32.2. The maximum atomic E-state index is 12.8. The fourth-order valence-electron chi connectivity index (χ4n) is 2.34. The van der Waals surface area contributed by atoms with Gasteiger partial charge in [0.05, 0.1) is 13.2 Å². The van der Waals surface area contributed by atoms with Gasteiger partial charge in [0.15, 0.2) is 5.03 Å². The summed E-state index contributed by atoms with van der Waals surface area (Å²) < 4.78 is 32.5. The zero-order valence-corrected chi connectivity index (χ0v) is 13.8. The average molecular weight is 316 g/mol. The summed E-state index contributed by atoms with van der Waals surface area (Å²) in [6.07, 6.45) is 0. The number of sulfonamides is 1. The Morgan fingerprint density at radius 2 is 2.24 bits per heavy atom. The molecule has 0 amide bonds. The molecule has 1 aromatic heterocycles. The predicted octanol–water partition coefficient (Wildman–Crippen LogP) is 0.626. The molecule has 0 bridgehead atoms. The molecule has 1 unspecified atom stereocenters. The molecule has 2 rings (SSSR count). The maximum absolute atomic E-state index is 12.8. The van der Waals surface area contributed by atoms with Crippen LogP contribution in [0.3, 0.4) is 0 Å². The monoisotopic (exact) mass is 316 g/mol. The lowest BCUT2D eigenvalue weighted by molar-refractivity contribution is 0.0391. The van der Waals surface area contributed by atoms with Gasteiger partial charge in [0.2, 0.25) is 0 Å². The molecule has 1 aliphatic rings. The fraction of sp³-hybridized carbons (Fsp3) is 0.769. The van der Waals surface area contributed by atoms with Crippen molar-refractivity contribution in [1.29, 1.82) is 0 Å². The van der Waals surface area contributed by atoms with Crippen LogP contribution in [-0.2, 0) is 21.3 Å². The third kappa shape index (κ3) is 3.45. The number of aryl methyl sites for hydroxylation is 1. The average Bonchev–Trinajstić information content (AvgIpc) is 2.78. The van der Waals surface area contributed by atoms with Crippen LogP contribution in [0.1, 0.15) is 32.0 Å². The Bertz CT molecular complexity index is 582. The third-order valence-corrected chi connectivity index (χ3v) is 5.57. The van der Waals surface area contributed by atoms with Gasteiger partial charge in [-0.05, 0) is 13.8 Å². The number of nitrogens with one attached hydrogen (secondary N) is 2. The minimum Gasteiger partial charge on any atom is -0.378 e. The van der Waals surface area contributed by atoms with Gasteiger partial charge in [-0.3, -0.25) is 5.10 Å². The summed E-state index contributed by atoms with van der Waals surface area (Å²) in [6, 6.07) is 0.101. The Kier molecular flexibility index (Phi) is 5.03. The molecule has 7 nitrogen and oxygen atoms in total. The van der Waals surface area contributed by atoms with Gasteiger partial charge >= 0.3 is 0 Å². The Hall–Kier alpha value is -0.960. The van der Waals surface area contributed by atoms with Crippen molar-refractivity contribution < 1.29 is 13.2 Å². The molecule has 2 heterocycles. The van der Waals surface area contributed by atoms with E-state index < -0.39 is 10.0 Å². The summed E-state index contributed by atoms with van der Waals surface area (Å²) in [7, 11) is -3.60. The van der Waals surface area contributed by atoms with E-state index in [0.717, 1.165) is 5.69 Å². The number of ether oxygens (including phenoxy) is 1. The number of aromatic amines is 1. The van der Waals surface area contributed by atoms with Crippen LogP contribution in [0, 0.1) is 6.92 Å². The van der Waals surface area contributed by atoms with E-state index in [1.165, 1.54) is 4.31 Å². The fourth-order valence-corrected chi connectivity index (χ4v) is 4.11. The van der Waals surface area contributed by atoms with E-state index in [2.05, 4.69) is 15.5 Å². The van der Waals surface area contributed by atoms with Gasteiger partial charge in [0.25, 0.3) is 10.0 Å². The molecule has 0 radical (unpaired) electrons. The zero-order chi connectivity index (χ0) is 15.6. The van der Waals surface area contributed by atoms with E-state index in [-0.39, 0.29) is 17.1 Å². The number of rotatable bonds is 5. The molecular formula is C13H24N4O3S. The SMILES string of the molecule is Cc1[nH]nc(S(=O)(=O)N2CCOCC2C)c1CNC(C)C. The molecule has 1 atom stereocenters. The van der Waals surface area contributed by atoms with Gasteiger partial charge < -0.3 is 10.1 Å². The summed E-state index contributed by atoms with van der Waals surface area (Å²) >= 11 is 0. The van der Waals surface area contributed by atoms with Gasteiger partial charge in [0, 0.05) is 36.4 Å². The number of hydrogen-bond acceptors (Lipinski definition) is 5. The van der Waals surface area contributed by atoms with Crippen molar-refractivity contribution in [1.82, 2.24) is 19.8 Å². The minimum absolute atomic E-state index is 0.127. The smallest absolute Gasteiger partial charge is 0.263 e. The zero-order valence-electron chi connectivity index (χ0n) is 13.0. The number of aromatic nitrogens is 2. The Morgan fingerprint density at radius 3 is 2.86 bits per heavy atom. The molecule has 2 N–H and O–H groups in total. The summed E-state index contributed by atoms with van der Waals surface area (Å²) in [5.41, 5.74) is 1.49. The molecule has 1 aliphatic heterocycles. The van der Waals surface area contributed by atoms with Crippen LogP contribution >= 0.6 is 0 Å². The molecule has 0 saturated carbocycles. The van der Waals surface area contributed by atoms with Crippen LogP contribution in [-0.4, -0.2) is 54.8 Å². The largest absolute Gasteiger partial charge is 0.378 e.